The van der Waals surface area contributed by atoms with E-state index in [1.807, 2.05) is 12.1 Å². The highest BCUT2D eigenvalue weighted by atomic mass is 32.2. The van der Waals surface area contributed by atoms with Gasteiger partial charge in [-0.15, -0.1) is 11.3 Å². The highest BCUT2D eigenvalue weighted by Crippen LogP contribution is 2.23. The van der Waals surface area contributed by atoms with Crippen molar-refractivity contribution in [1.82, 2.24) is 4.31 Å². The number of piperazine rings is 1. The molecular weight excluding hydrogens is 342 g/mol. The van der Waals surface area contributed by atoms with Gasteiger partial charge in [0.1, 0.15) is 9.73 Å². The van der Waals surface area contributed by atoms with Crippen LogP contribution in [0.4, 0.5) is 5.82 Å². The van der Waals surface area contributed by atoms with Crippen molar-refractivity contribution in [3.63, 3.8) is 0 Å². The molecule has 3 heterocycles. The molecule has 0 bridgehead atoms. The summed E-state index contributed by atoms with van der Waals surface area (Å²) in [7, 11) is -3.34. The van der Waals surface area contributed by atoms with Crippen LogP contribution in [0, 0.1) is 0 Å². The highest BCUT2D eigenvalue weighted by molar-refractivity contribution is 7.91. The third kappa shape index (κ3) is 2.79. The van der Waals surface area contributed by atoms with E-state index < -0.39 is 10.0 Å². The molecule has 1 aliphatic rings. The van der Waals surface area contributed by atoms with Crippen molar-refractivity contribution in [3.8, 4) is 0 Å². The Morgan fingerprint density at radius 2 is 1.71 bits per heavy atom. The molecule has 124 valence electrons. The van der Waals surface area contributed by atoms with Crippen LogP contribution in [0.5, 0.6) is 0 Å². The lowest BCUT2D eigenvalue weighted by molar-refractivity contribution is -0.330. The van der Waals surface area contributed by atoms with Gasteiger partial charge in [0.25, 0.3) is 15.8 Å². The second-order valence-electron chi connectivity index (χ2n) is 5.75. The number of anilines is 1. The first-order valence-corrected chi connectivity index (χ1v) is 10.2. The van der Waals surface area contributed by atoms with Crippen molar-refractivity contribution >= 4 is 38.1 Å². The van der Waals surface area contributed by atoms with E-state index in [4.69, 9.17) is 0 Å². The number of thiophene rings is 1. The summed E-state index contributed by atoms with van der Waals surface area (Å²) in [6, 6.07) is 15.7. The third-order valence-corrected chi connectivity index (χ3v) is 7.58. The number of H-pyrrole nitrogens is 1. The van der Waals surface area contributed by atoms with Gasteiger partial charge in [0, 0.05) is 11.5 Å². The monoisotopic (exact) mass is 360 g/mol. The molecular formula is C17H18N3O2S2+. The van der Waals surface area contributed by atoms with Gasteiger partial charge in [-0.2, -0.15) is 4.31 Å². The maximum absolute atomic E-state index is 12.6. The number of fused-ring (bicyclic) bond motifs is 1. The first kappa shape index (κ1) is 15.6. The number of hydrogen-bond donors (Lipinski definition) is 0. The van der Waals surface area contributed by atoms with Crippen LogP contribution in [0.25, 0.3) is 10.9 Å². The van der Waals surface area contributed by atoms with Gasteiger partial charge >= 0.3 is 0 Å². The van der Waals surface area contributed by atoms with E-state index >= 15 is 0 Å². The Hall–Kier alpha value is -1.96. The van der Waals surface area contributed by atoms with Crippen molar-refractivity contribution in [2.24, 2.45) is 0 Å². The van der Waals surface area contributed by atoms with Gasteiger partial charge in [0.05, 0.1) is 26.2 Å². The van der Waals surface area contributed by atoms with Crippen LogP contribution in [-0.4, -0.2) is 38.9 Å². The molecule has 3 aromatic rings. The number of sulfonamides is 1. The minimum absolute atomic E-state index is 0.424. The predicted molar refractivity (Wildman–Crippen MR) is 95.8 cm³/mol. The van der Waals surface area contributed by atoms with Gasteiger partial charge in [-0.25, -0.2) is 13.4 Å². The standard InChI is InChI=1S/C17H17N3O2S2/c21-24(22,17-6-3-13-23-17)20-11-9-19(10-12-20)16-8-7-14-4-1-2-5-15(14)18-16/h1-8,13H,9-12H2/p+1. The van der Waals surface area contributed by atoms with Crippen molar-refractivity contribution in [2.45, 2.75) is 4.21 Å². The Bertz CT molecular complexity index is 947. The fourth-order valence-electron chi connectivity index (χ4n) is 3.00. The molecule has 0 unspecified atom stereocenters. The average molecular weight is 360 g/mol. The largest absolute Gasteiger partial charge is 0.274 e. The molecule has 0 amide bonds. The van der Waals surface area contributed by atoms with Crippen LogP contribution in [0.2, 0.25) is 0 Å². The molecule has 1 saturated heterocycles. The zero-order valence-electron chi connectivity index (χ0n) is 13.1. The lowest BCUT2D eigenvalue weighted by atomic mass is 10.2. The SMILES string of the molecule is O=S(=O)(c1cccs1)N1CCN(c2ccc3ccccc3[nH+]2)CC1. The smallest absolute Gasteiger partial charge is 0.259 e. The summed E-state index contributed by atoms with van der Waals surface area (Å²) in [5.74, 6) is 1.03. The van der Waals surface area contributed by atoms with Crippen LogP contribution in [0.1, 0.15) is 0 Å². The van der Waals surface area contributed by atoms with Crippen LogP contribution >= 0.6 is 11.3 Å². The second-order valence-corrected chi connectivity index (χ2v) is 8.87. The third-order valence-electron chi connectivity index (χ3n) is 4.31. The van der Waals surface area contributed by atoms with Crippen molar-refractivity contribution in [1.29, 1.82) is 0 Å². The summed E-state index contributed by atoms with van der Waals surface area (Å²) in [5, 5.41) is 2.97. The summed E-state index contributed by atoms with van der Waals surface area (Å²) >= 11 is 1.27. The average Bonchev–Trinajstić information content (AvgIpc) is 3.17. The number of nitrogens with zero attached hydrogens (tertiary/aromatic N) is 2. The quantitative estimate of drug-likeness (QED) is 0.720. The Kier molecular flexibility index (Phi) is 3.99. The van der Waals surface area contributed by atoms with E-state index in [1.54, 1.807) is 21.8 Å². The first-order valence-electron chi connectivity index (χ1n) is 7.84. The minimum atomic E-state index is -3.34. The molecule has 1 aromatic carbocycles. The van der Waals surface area contributed by atoms with Gasteiger partial charge in [0.2, 0.25) is 0 Å². The van der Waals surface area contributed by atoms with Gasteiger partial charge < -0.3 is 0 Å². The van der Waals surface area contributed by atoms with Crippen LogP contribution in [0.15, 0.2) is 58.1 Å². The molecule has 4 rings (SSSR count). The van der Waals surface area contributed by atoms with E-state index in [-0.39, 0.29) is 0 Å². The number of aromatic amines is 1. The maximum Gasteiger partial charge on any atom is 0.274 e. The van der Waals surface area contributed by atoms with Gasteiger partial charge in [0.15, 0.2) is 0 Å². The fraction of sp³-hybridized carbons (Fsp3) is 0.235. The molecule has 0 aliphatic carbocycles. The normalized spacial score (nSPS) is 16.6. The Labute approximate surface area is 145 Å². The maximum atomic E-state index is 12.6. The molecule has 2 aromatic heterocycles. The lowest BCUT2D eigenvalue weighted by Crippen LogP contribution is -2.49. The summed E-state index contributed by atoms with van der Waals surface area (Å²) in [6.45, 7) is 2.36. The summed E-state index contributed by atoms with van der Waals surface area (Å²) in [5.41, 5.74) is 1.09. The number of aromatic nitrogens is 1. The zero-order valence-corrected chi connectivity index (χ0v) is 14.7. The highest BCUT2D eigenvalue weighted by Gasteiger charge is 2.32. The zero-order chi connectivity index (χ0) is 16.6. The molecule has 0 radical (unpaired) electrons. The van der Waals surface area contributed by atoms with E-state index in [1.165, 1.54) is 16.7 Å². The number of hydrogen-bond acceptors (Lipinski definition) is 4. The van der Waals surface area contributed by atoms with Gasteiger partial charge in [-0.1, -0.05) is 24.3 Å². The van der Waals surface area contributed by atoms with Crippen LogP contribution in [0.3, 0.4) is 0 Å². The molecule has 1 N–H and O–H groups in total. The summed E-state index contributed by atoms with van der Waals surface area (Å²) in [6.07, 6.45) is 0. The predicted octanol–water partition coefficient (Wildman–Crippen LogP) is 2.23. The fourth-order valence-corrected chi connectivity index (χ4v) is 5.56. The number of nitrogens with one attached hydrogen (secondary N) is 1. The number of para-hydroxylation sites is 1. The summed E-state index contributed by atoms with van der Waals surface area (Å²) < 4.78 is 27.2. The van der Waals surface area contributed by atoms with Crippen molar-refractivity contribution < 1.29 is 13.4 Å². The van der Waals surface area contributed by atoms with Crippen molar-refractivity contribution in [2.75, 3.05) is 31.1 Å². The minimum Gasteiger partial charge on any atom is -0.259 e. The first-order chi connectivity index (χ1) is 11.6. The van der Waals surface area contributed by atoms with E-state index in [0.717, 1.165) is 11.3 Å². The van der Waals surface area contributed by atoms with Gasteiger partial charge in [-0.05, 0) is 23.6 Å². The number of rotatable bonds is 3. The topological polar surface area (TPSA) is 54.8 Å². The Morgan fingerprint density at radius 3 is 2.46 bits per heavy atom. The number of benzene rings is 1. The molecule has 0 spiro atoms. The van der Waals surface area contributed by atoms with E-state index in [9.17, 15) is 8.42 Å². The molecule has 0 saturated carbocycles. The van der Waals surface area contributed by atoms with Crippen molar-refractivity contribution in [3.05, 3.63) is 53.9 Å². The lowest BCUT2D eigenvalue weighted by Gasteiger charge is -2.29. The molecule has 24 heavy (non-hydrogen) atoms. The second kappa shape index (κ2) is 6.16. The van der Waals surface area contributed by atoms with Gasteiger partial charge in [-0.3, -0.25) is 4.90 Å². The van der Waals surface area contributed by atoms with E-state index in [0.29, 0.717) is 30.4 Å². The summed E-state index contributed by atoms with van der Waals surface area (Å²) in [4.78, 5) is 5.64. The molecule has 1 fully saturated rings. The molecule has 5 nitrogen and oxygen atoms in total. The molecule has 0 atom stereocenters. The Morgan fingerprint density at radius 1 is 0.917 bits per heavy atom. The molecule has 7 heteroatoms. The Balaban J connectivity index is 1.51. The van der Waals surface area contributed by atoms with Crippen LogP contribution in [-0.2, 0) is 10.0 Å². The van der Waals surface area contributed by atoms with E-state index in [2.05, 4.69) is 34.1 Å². The van der Waals surface area contributed by atoms with Crippen LogP contribution < -0.4 is 9.88 Å². The number of pyridine rings is 1. The molecule has 1 aliphatic heterocycles.